The number of nitrogens with zero attached hydrogens (tertiary/aromatic N) is 1. The highest BCUT2D eigenvalue weighted by atomic mass is 14.7. The van der Waals surface area contributed by atoms with Gasteiger partial charge in [0.15, 0.2) is 0 Å². The van der Waals surface area contributed by atoms with E-state index in [9.17, 15) is 0 Å². The van der Waals surface area contributed by atoms with E-state index in [1.165, 1.54) is 0 Å². The summed E-state index contributed by atoms with van der Waals surface area (Å²) in [5.41, 5.74) is 2.83. The number of hydrogen-bond acceptors (Lipinski definition) is 1. The third-order valence-corrected chi connectivity index (χ3v) is 1.98. The maximum Gasteiger partial charge on any atom is 0.0704 e. The molecule has 0 rings (SSSR count). The Morgan fingerprint density at radius 1 is 1.00 bits per heavy atom. The number of rotatable bonds is 7. The molecule has 0 aromatic carbocycles. The van der Waals surface area contributed by atoms with E-state index in [1.807, 2.05) is 25.2 Å². The Hall–Kier alpha value is -2.15. The molecule has 0 aliphatic heterocycles. The maximum atomic E-state index is 4.29. The summed E-state index contributed by atoms with van der Waals surface area (Å²) in [5.74, 6) is 0. The van der Waals surface area contributed by atoms with Crippen molar-refractivity contribution in [2.75, 3.05) is 0 Å². The Kier molecular flexibility index (Phi) is 7.95. The summed E-state index contributed by atoms with van der Waals surface area (Å²) in [6.45, 7) is 16.7. The zero-order valence-electron chi connectivity index (χ0n) is 10.4. The van der Waals surface area contributed by atoms with Crippen LogP contribution in [0.3, 0.4) is 0 Å². The van der Waals surface area contributed by atoms with E-state index in [0.29, 0.717) is 0 Å². The molecule has 0 fully saturated rings. The van der Waals surface area contributed by atoms with Crippen LogP contribution in [0.15, 0.2) is 90.7 Å². The van der Waals surface area contributed by atoms with Gasteiger partial charge in [0, 0.05) is 11.8 Å². The van der Waals surface area contributed by atoms with Crippen LogP contribution < -0.4 is 0 Å². The second-order valence-corrected chi connectivity index (χ2v) is 3.20. The lowest BCUT2D eigenvalue weighted by Crippen LogP contribution is -1.88. The normalized spacial score (nSPS) is 13.6. The predicted molar refractivity (Wildman–Crippen MR) is 79.2 cm³/mol. The predicted octanol–water partition coefficient (Wildman–Crippen LogP) is 4.56. The van der Waals surface area contributed by atoms with Crippen molar-refractivity contribution in [2.45, 2.75) is 6.92 Å². The van der Waals surface area contributed by atoms with Crippen LogP contribution in [0.25, 0.3) is 0 Å². The van der Waals surface area contributed by atoms with Crippen LogP contribution in [0.1, 0.15) is 6.92 Å². The fraction of sp³-hybridized carbons (Fsp3) is 0.0625. The summed E-state index contributed by atoms with van der Waals surface area (Å²) in [6, 6.07) is 0. The van der Waals surface area contributed by atoms with Gasteiger partial charge in [-0.25, -0.2) is 0 Å². The van der Waals surface area contributed by atoms with Crippen molar-refractivity contribution in [1.82, 2.24) is 0 Å². The second-order valence-electron chi connectivity index (χ2n) is 3.20. The van der Waals surface area contributed by atoms with Gasteiger partial charge < -0.3 is 0 Å². The molecule has 0 amide bonds. The lowest BCUT2D eigenvalue weighted by molar-refractivity contribution is 1.30. The average Bonchev–Trinajstić information content (AvgIpc) is 2.34. The molecule has 0 atom stereocenters. The first-order valence-electron chi connectivity index (χ1n) is 5.31. The minimum Gasteiger partial charge on any atom is -0.256 e. The minimum absolute atomic E-state index is 0.807. The zero-order valence-corrected chi connectivity index (χ0v) is 10.4. The first-order valence-corrected chi connectivity index (χ1v) is 5.31. The van der Waals surface area contributed by atoms with Crippen molar-refractivity contribution in [3.05, 3.63) is 85.7 Å². The van der Waals surface area contributed by atoms with Gasteiger partial charge in [0.25, 0.3) is 0 Å². The molecule has 0 bridgehead atoms. The van der Waals surface area contributed by atoms with Crippen molar-refractivity contribution < 1.29 is 0 Å². The third kappa shape index (κ3) is 5.47. The van der Waals surface area contributed by atoms with Crippen LogP contribution in [0.5, 0.6) is 0 Å². The molecule has 0 saturated heterocycles. The maximum absolute atomic E-state index is 4.29. The molecule has 1 heteroatoms. The molecule has 0 saturated carbocycles. The number of hydrogen-bond donors (Lipinski definition) is 0. The first-order chi connectivity index (χ1) is 8.21. The Balaban J connectivity index is 5.51. The molecule has 0 aromatic rings. The van der Waals surface area contributed by atoms with Crippen LogP contribution in [0.2, 0.25) is 0 Å². The summed E-state index contributed by atoms with van der Waals surface area (Å²) in [4.78, 5) is 4.29. The molecule has 88 valence electrons. The topological polar surface area (TPSA) is 12.4 Å². The Labute approximate surface area is 104 Å². The summed E-state index contributed by atoms with van der Waals surface area (Å²) in [5, 5.41) is 0. The van der Waals surface area contributed by atoms with Crippen LogP contribution in [-0.2, 0) is 0 Å². The largest absolute Gasteiger partial charge is 0.256 e. The van der Waals surface area contributed by atoms with Gasteiger partial charge in [0.1, 0.15) is 0 Å². The highest BCUT2D eigenvalue weighted by Crippen LogP contribution is 2.18. The quantitative estimate of drug-likeness (QED) is 0.445. The van der Waals surface area contributed by atoms with E-state index < -0.39 is 0 Å². The highest BCUT2D eigenvalue weighted by molar-refractivity contribution is 5.72. The average molecular weight is 225 g/mol. The van der Waals surface area contributed by atoms with Gasteiger partial charge in [0.2, 0.25) is 0 Å². The van der Waals surface area contributed by atoms with Crippen molar-refractivity contribution in [3.8, 4) is 0 Å². The third-order valence-electron chi connectivity index (χ3n) is 1.98. The molecule has 17 heavy (non-hydrogen) atoms. The summed E-state index contributed by atoms with van der Waals surface area (Å²) < 4.78 is 0. The minimum atomic E-state index is 0.807. The van der Waals surface area contributed by atoms with Gasteiger partial charge in [-0.2, -0.15) is 0 Å². The molecule has 0 aliphatic rings. The van der Waals surface area contributed by atoms with E-state index in [1.54, 1.807) is 30.5 Å². The van der Waals surface area contributed by atoms with Crippen molar-refractivity contribution in [1.29, 1.82) is 0 Å². The molecule has 0 radical (unpaired) electrons. The Bertz CT molecular complexity index is 415. The van der Waals surface area contributed by atoms with Gasteiger partial charge in [-0.05, 0) is 18.6 Å². The molecule has 0 aromatic heterocycles. The fourth-order valence-corrected chi connectivity index (χ4v) is 1.22. The standard InChI is InChI=1S/C16H19N/c1-6-10-12-14(5)15(9-4)16(11-7-2)17-13-8-3/h6-13H,1-4H2,5H3/b12-10-,15-14+,16-11-,17-13?. The van der Waals surface area contributed by atoms with Gasteiger partial charge in [-0.1, -0.05) is 62.8 Å². The van der Waals surface area contributed by atoms with Crippen LogP contribution in [0.4, 0.5) is 0 Å². The smallest absolute Gasteiger partial charge is 0.0704 e. The van der Waals surface area contributed by atoms with Crippen LogP contribution in [0, 0.1) is 0 Å². The summed E-state index contributed by atoms with van der Waals surface area (Å²) in [6.07, 6.45) is 14.2. The molecule has 0 aliphatic carbocycles. The lowest BCUT2D eigenvalue weighted by atomic mass is 10.1. The molecule has 0 spiro atoms. The van der Waals surface area contributed by atoms with E-state index in [2.05, 4.69) is 31.3 Å². The van der Waals surface area contributed by atoms with Gasteiger partial charge >= 0.3 is 0 Å². The van der Waals surface area contributed by atoms with Crippen LogP contribution in [-0.4, -0.2) is 6.21 Å². The lowest BCUT2D eigenvalue weighted by Gasteiger charge is -2.05. The molecule has 0 unspecified atom stereocenters. The molecular formula is C16H19N. The van der Waals surface area contributed by atoms with Crippen molar-refractivity contribution in [3.63, 3.8) is 0 Å². The second kappa shape index (κ2) is 9.10. The van der Waals surface area contributed by atoms with Gasteiger partial charge in [0.05, 0.1) is 5.70 Å². The fourth-order valence-electron chi connectivity index (χ4n) is 1.22. The van der Waals surface area contributed by atoms with Crippen molar-refractivity contribution in [2.24, 2.45) is 4.99 Å². The Morgan fingerprint density at radius 2 is 1.71 bits per heavy atom. The monoisotopic (exact) mass is 225 g/mol. The molecular weight excluding hydrogens is 206 g/mol. The van der Waals surface area contributed by atoms with E-state index in [4.69, 9.17) is 0 Å². The summed E-state index contributed by atoms with van der Waals surface area (Å²) >= 11 is 0. The summed E-state index contributed by atoms with van der Waals surface area (Å²) in [7, 11) is 0. The number of aliphatic imine (C=N–C) groups is 1. The van der Waals surface area contributed by atoms with Crippen LogP contribution >= 0.6 is 0 Å². The van der Waals surface area contributed by atoms with E-state index in [-0.39, 0.29) is 0 Å². The van der Waals surface area contributed by atoms with E-state index in [0.717, 1.165) is 16.8 Å². The molecule has 0 heterocycles. The molecule has 0 N–H and O–H groups in total. The zero-order chi connectivity index (χ0) is 13.1. The first kappa shape index (κ1) is 14.8. The SMILES string of the molecule is C=CC=NC(=C\C=C)/C(C=C)=C(C)/C=C\C=C. The molecule has 1 nitrogen and oxygen atoms in total. The Morgan fingerprint density at radius 3 is 2.18 bits per heavy atom. The van der Waals surface area contributed by atoms with Gasteiger partial charge in [-0.3, -0.25) is 4.99 Å². The van der Waals surface area contributed by atoms with Crippen molar-refractivity contribution >= 4 is 6.21 Å². The van der Waals surface area contributed by atoms with Gasteiger partial charge in [-0.15, -0.1) is 0 Å². The highest BCUT2D eigenvalue weighted by Gasteiger charge is 2.01. The number of allylic oxidation sites excluding steroid dienone is 8. The van der Waals surface area contributed by atoms with E-state index >= 15 is 0 Å².